The van der Waals surface area contributed by atoms with Crippen LogP contribution in [0.25, 0.3) is 0 Å². The van der Waals surface area contributed by atoms with Gasteiger partial charge >= 0.3 is 0 Å². The lowest BCUT2D eigenvalue weighted by atomic mass is 10.0. The fraction of sp³-hybridized carbons (Fsp3) is 0.294. The number of carbonyl (C=O) groups is 1. The molecule has 2 heterocycles. The number of anilines is 1. The van der Waals surface area contributed by atoms with Gasteiger partial charge in [0.05, 0.1) is 12.1 Å². The van der Waals surface area contributed by atoms with Gasteiger partial charge < -0.3 is 11.1 Å². The number of amides is 1. The Morgan fingerprint density at radius 2 is 2.17 bits per heavy atom. The second kappa shape index (κ2) is 6.82. The fourth-order valence-corrected chi connectivity index (χ4v) is 3.90. The van der Waals surface area contributed by atoms with Crippen molar-refractivity contribution < 1.29 is 4.79 Å². The van der Waals surface area contributed by atoms with Crippen LogP contribution in [-0.2, 0) is 24.3 Å². The van der Waals surface area contributed by atoms with Gasteiger partial charge in [0.15, 0.2) is 0 Å². The molecule has 1 aliphatic rings. The van der Waals surface area contributed by atoms with Crippen LogP contribution in [0.1, 0.15) is 21.6 Å². The highest BCUT2D eigenvalue weighted by Crippen LogP contribution is 2.34. The quantitative estimate of drug-likeness (QED) is 0.899. The van der Waals surface area contributed by atoms with Gasteiger partial charge in [-0.15, -0.1) is 11.3 Å². The van der Waals surface area contributed by atoms with Crippen LogP contribution in [0.3, 0.4) is 0 Å². The van der Waals surface area contributed by atoms with E-state index < -0.39 is 0 Å². The molecule has 23 heavy (non-hydrogen) atoms. The molecule has 1 amide bonds. The number of benzene rings is 1. The van der Waals surface area contributed by atoms with Gasteiger partial charge in [-0.05, 0) is 17.5 Å². The van der Waals surface area contributed by atoms with E-state index in [0.717, 1.165) is 29.0 Å². The second-order valence-electron chi connectivity index (χ2n) is 5.58. The minimum atomic E-state index is 0.0161. The molecule has 0 fully saturated rings. The molecule has 0 spiro atoms. The average Bonchev–Trinajstić information content (AvgIpc) is 2.88. The third-order valence-electron chi connectivity index (χ3n) is 3.97. The zero-order valence-corrected chi connectivity index (χ0v) is 13.5. The minimum absolute atomic E-state index is 0.0161. The number of nitrogen functional groups attached to an aromatic ring is 1. The van der Waals surface area contributed by atoms with E-state index in [0.29, 0.717) is 30.2 Å². The van der Waals surface area contributed by atoms with Crippen molar-refractivity contribution in [1.29, 1.82) is 5.26 Å². The van der Waals surface area contributed by atoms with E-state index in [9.17, 15) is 4.79 Å². The van der Waals surface area contributed by atoms with Crippen LogP contribution in [-0.4, -0.2) is 23.9 Å². The number of fused-ring (bicyclic) bond motifs is 1. The molecular weight excluding hydrogens is 308 g/mol. The number of thiophene rings is 1. The first kappa shape index (κ1) is 15.5. The van der Waals surface area contributed by atoms with Crippen molar-refractivity contribution >= 4 is 22.2 Å². The first-order valence-electron chi connectivity index (χ1n) is 7.50. The van der Waals surface area contributed by atoms with Crippen molar-refractivity contribution in [2.45, 2.75) is 19.5 Å². The van der Waals surface area contributed by atoms with Gasteiger partial charge in [0, 0.05) is 24.5 Å². The van der Waals surface area contributed by atoms with Crippen molar-refractivity contribution in [2.75, 3.05) is 18.8 Å². The molecule has 1 aromatic heterocycles. The summed E-state index contributed by atoms with van der Waals surface area (Å²) >= 11 is 1.46. The van der Waals surface area contributed by atoms with Crippen molar-refractivity contribution in [3.63, 3.8) is 0 Å². The molecule has 6 heteroatoms. The summed E-state index contributed by atoms with van der Waals surface area (Å²) in [6.07, 6.45) is 0.776. The van der Waals surface area contributed by atoms with Crippen LogP contribution in [0.5, 0.6) is 0 Å². The van der Waals surface area contributed by atoms with E-state index in [1.54, 1.807) is 0 Å². The van der Waals surface area contributed by atoms with Crippen molar-refractivity contribution in [3.05, 3.63) is 51.9 Å². The highest BCUT2D eigenvalue weighted by atomic mass is 32.1. The van der Waals surface area contributed by atoms with Crippen molar-refractivity contribution in [1.82, 2.24) is 10.2 Å². The Hall–Kier alpha value is -2.36. The normalized spacial score (nSPS) is 14.0. The molecule has 0 bridgehead atoms. The molecule has 0 saturated carbocycles. The lowest BCUT2D eigenvalue weighted by Gasteiger charge is -2.26. The molecule has 2 aromatic rings. The number of nitrogens with one attached hydrogen (secondary N) is 1. The maximum atomic E-state index is 12.1. The number of hydrogen-bond donors (Lipinski definition) is 2. The maximum absolute atomic E-state index is 12.1. The number of nitrogens with zero attached hydrogens (tertiary/aromatic N) is 2. The molecule has 3 N–H and O–H groups in total. The Kier molecular flexibility index (Phi) is 4.60. The van der Waals surface area contributed by atoms with Gasteiger partial charge in [0.1, 0.15) is 11.1 Å². The average molecular weight is 326 g/mol. The van der Waals surface area contributed by atoms with E-state index in [1.807, 2.05) is 30.3 Å². The molecular formula is C17H18N4OS. The number of rotatable bonds is 4. The van der Waals surface area contributed by atoms with E-state index in [4.69, 9.17) is 11.0 Å². The van der Waals surface area contributed by atoms with Crippen LogP contribution < -0.4 is 11.1 Å². The molecule has 1 aromatic carbocycles. The molecule has 5 nitrogen and oxygen atoms in total. The van der Waals surface area contributed by atoms with E-state index >= 15 is 0 Å². The molecule has 0 radical (unpaired) electrons. The summed E-state index contributed by atoms with van der Waals surface area (Å²) in [6, 6.07) is 12.0. The van der Waals surface area contributed by atoms with Crippen LogP contribution in [0, 0.1) is 11.3 Å². The third-order valence-corrected chi connectivity index (χ3v) is 5.02. The first-order valence-corrected chi connectivity index (χ1v) is 8.32. The van der Waals surface area contributed by atoms with Crippen LogP contribution >= 0.6 is 11.3 Å². The Balaban J connectivity index is 1.55. The summed E-state index contributed by atoms with van der Waals surface area (Å²) in [5.41, 5.74) is 8.67. The largest absolute Gasteiger partial charge is 0.389 e. The number of nitrogens with two attached hydrogens (primary N) is 1. The van der Waals surface area contributed by atoms with Gasteiger partial charge in [-0.25, -0.2) is 0 Å². The fourth-order valence-electron chi connectivity index (χ4n) is 2.79. The molecule has 0 atom stereocenters. The summed E-state index contributed by atoms with van der Waals surface area (Å²) in [6.45, 7) is 2.37. The lowest BCUT2D eigenvalue weighted by molar-refractivity contribution is -0.122. The monoisotopic (exact) mass is 326 g/mol. The lowest BCUT2D eigenvalue weighted by Crippen LogP contribution is -2.39. The molecule has 3 rings (SSSR count). The smallest absolute Gasteiger partial charge is 0.234 e. The van der Waals surface area contributed by atoms with Crippen molar-refractivity contribution in [3.8, 4) is 6.07 Å². The Labute approximate surface area is 139 Å². The topological polar surface area (TPSA) is 82.2 Å². The molecule has 118 valence electrons. The second-order valence-corrected chi connectivity index (χ2v) is 6.71. The van der Waals surface area contributed by atoms with Gasteiger partial charge in [0.2, 0.25) is 5.91 Å². The molecule has 1 aliphatic heterocycles. The first-order chi connectivity index (χ1) is 11.2. The number of hydrogen-bond acceptors (Lipinski definition) is 5. The molecule has 0 unspecified atom stereocenters. The zero-order valence-electron chi connectivity index (χ0n) is 12.7. The summed E-state index contributed by atoms with van der Waals surface area (Å²) in [4.78, 5) is 15.3. The highest BCUT2D eigenvalue weighted by Gasteiger charge is 2.24. The molecule has 0 aliphatic carbocycles. The Morgan fingerprint density at radius 3 is 2.91 bits per heavy atom. The SMILES string of the molecule is N#Cc1c(N)sc2c1CCN(CC(=O)NCc1ccccc1)C2. The van der Waals surface area contributed by atoms with E-state index in [2.05, 4.69) is 16.3 Å². The van der Waals surface area contributed by atoms with Crippen LogP contribution in [0.2, 0.25) is 0 Å². The summed E-state index contributed by atoms with van der Waals surface area (Å²) < 4.78 is 0. The van der Waals surface area contributed by atoms with Gasteiger partial charge in [-0.3, -0.25) is 9.69 Å². The Morgan fingerprint density at radius 1 is 1.39 bits per heavy atom. The maximum Gasteiger partial charge on any atom is 0.234 e. The summed E-state index contributed by atoms with van der Waals surface area (Å²) in [7, 11) is 0. The zero-order chi connectivity index (χ0) is 16.2. The van der Waals surface area contributed by atoms with Crippen molar-refractivity contribution in [2.24, 2.45) is 0 Å². The standard InChI is InChI=1S/C17H18N4OS/c18-8-14-13-6-7-21(10-15(13)23-17(14)19)11-16(22)20-9-12-4-2-1-3-5-12/h1-5H,6-7,9-11,19H2,(H,20,22). The summed E-state index contributed by atoms with van der Waals surface area (Å²) in [5.74, 6) is 0.0161. The van der Waals surface area contributed by atoms with Crippen LogP contribution in [0.15, 0.2) is 30.3 Å². The third kappa shape index (κ3) is 3.52. The van der Waals surface area contributed by atoms with Gasteiger partial charge in [0.25, 0.3) is 0 Å². The van der Waals surface area contributed by atoms with E-state index in [-0.39, 0.29) is 5.91 Å². The highest BCUT2D eigenvalue weighted by molar-refractivity contribution is 7.16. The Bertz CT molecular complexity index is 748. The number of carbonyl (C=O) groups excluding carboxylic acids is 1. The minimum Gasteiger partial charge on any atom is -0.389 e. The van der Waals surface area contributed by atoms with Gasteiger partial charge in [-0.2, -0.15) is 5.26 Å². The van der Waals surface area contributed by atoms with Crippen LogP contribution in [0.4, 0.5) is 5.00 Å². The van der Waals surface area contributed by atoms with E-state index in [1.165, 1.54) is 11.3 Å². The van der Waals surface area contributed by atoms with Gasteiger partial charge in [-0.1, -0.05) is 30.3 Å². The predicted molar refractivity (Wildman–Crippen MR) is 90.7 cm³/mol. The summed E-state index contributed by atoms with van der Waals surface area (Å²) in [5, 5.41) is 12.7. The predicted octanol–water partition coefficient (Wildman–Crippen LogP) is 1.88. The molecule has 0 saturated heterocycles. The number of nitriles is 1.